The number of hydrogen-bond acceptors (Lipinski definition) is 6. The van der Waals surface area contributed by atoms with Gasteiger partial charge in [0.2, 0.25) is 11.7 Å². The number of aliphatic carboxylic acids is 1. The zero-order chi connectivity index (χ0) is 15.9. The van der Waals surface area contributed by atoms with Gasteiger partial charge in [0.15, 0.2) is 6.61 Å². The fourth-order valence-corrected chi connectivity index (χ4v) is 1.60. The molecule has 0 saturated carbocycles. The van der Waals surface area contributed by atoms with Crippen molar-refractivity contribution in [2.45, 2.75) is 20.0 Å². The molecule has 2 aromatic rings. The fraction of sp³-hybridized carbons (Fsp3) is 0.286. The van der Waals surface area contributed by atoms with E-state index >= 15 is 0 Å². The van der Waals surface area contributed by atoms with Crippen LogP contribution in [0.25, 0.3) is 0 Å². The second-order valence-corrected chi connectivity index (χ2v) is 4.35. The lowest BCUT2D eigenvalue weighted by Gasteiger charge is -2.05. The first-order valence-corrected chi connectivity index (χ1v) is 6.62. The number of nitrogens with zero attached hydrogens (tertiary/aromatic N) is 2. The van der Waals surface area contributed by atoms with E-state index in [2.05, 4.69) is 15.5 Å². The predicted octanol–water partition coefficient (Wildman–Crippen LogP) is 1.03. The quantitative estimate of drug-likeness (QED) is 0.785. The minimum absolute atomic E-state index is 0.161. The minimum atomic E-state index is -1.10. The summed E-state index contributed by atoms with van der Waals surface area (Å²) in [6.45, 7) is 1.65. The Hall–Kier alpha value is -2.90. The summed E-state index contributed by atoms with van der Waals surface area (Å²) < 4.78 is 10.4. The zero-order valence-corrected chi connectivity index (χ0v) is 11.9. The van der Waals surface area contributed by atoms with E-state index in [-0.39, 0.29) is 6.61 Å². The summed E-state index contributed by atoms with van der Waals surface area (Å²) in [7, 11) is 0. The predicted molar refractivity (Wildman–Crippen MR) is 74.4 cm³/mol. The third-order valence-electron chi connectivity index (χ3n) is 2.70. The third kappa shape index (κ3) is 4.30. The van der Waals surface area contributed by atoms with Crippen LogP contribution in [-0.4, -0.2) is 33.7 Å². The van der Waals surface area contributed by atoms with Crippen molar-refractivity contribution in [2.75, 3.05) is 6.54 Å². The molecule has 1 aromatic heterocycles. The van der Waals surface area contributed by atoms with Crippen LogP contribution in [0, 0.1) is 0 Å². The van der Waals surface area contributed by atoms with Gasteiger partial charge in [-0.3, -0.25) is 9.59 Å². The van der Waals surface area contributed by atoms with E-state index in [9.17, 15) is 9.59 Å². The number of hydrogen-bond donors (Lipinski definition) is 2. The van der Waals surface area contributed by atoms with Crippen molar-refractivity contribution in [3.05, 3.63) is 41.5 Å². The maximum Gasteiger partial charge on any atom is 0.322 e. The number of carbonyl (C=O) groups excluding carboxylic acids is 1. The first kappa shape index (κ1) is 15.5. The molecule has 0 aliphatic rings. The van der Waals surface area contributed by atoms with Gasteiger partial charge < -0.3 is 19.7 Å². The largest absolute Gasteiger partial charge is 0.485 e. The molecule has 0 spiro atoms. The Bertz CT molecular complexity index is 651. The van der Waals surface area contributed by atoms with Crippen LogP contribution in [0.5, 0.6) is 5.75 Å². The molecule has 0 radical (unpaired) electrons. The molecule has 8 heteroatoms. The Balaban J connectivity index is 1.88. The number of carboxylic acids is 1. The Labute approximate surface area is 126 Å². The van der Waals surface area contributed by atoms with Crippen LogP contribution in [0.3, 0.4) is 0 Å². The van der Waals surface area contributed by atoms with Crippen molar-refractivity contribution >= 4 is 11.9 Å². The number of carbonyl (C=O) groups is 2. The summed E-state index contributed by atoms with van der Waals surface area (Å²) in [6, 6.07) is 6.30. The van der Waals surface area contributed by atoms with Crippen LogP contribution in [0.1, 0.15) is 29.0 Å². The molecule has 1 amide bonds. The van der Waals surface area contributed by atoms with Crippen molar-refractivity contribution in [1.82, 2.24) is 15.5 Å². The van der Waals surface area contributed by atoms with Crippen LogP contribution >= 0.6 is 0 Å². The van der Waals surface area contributed by atoms with Gasteiger partial charge in [-0.2, -0.15) is 4.98 Å². The van der Waals surface area contributed by atoms with E-state index in [0.29, 0.717) is 29.4 Å². The highest BCUT2D eigenvalue weighted by Gasteiger charge is 2.08. The third-order valence-corrected chi connectivity index (χ3v) is 2.70. The van der Waals surface area contributed by atoms with Crippen molar-refractivity contribution in [2.24, 2.45) is 0 Å². The molecule has 116 valence electrons. The number of amides is 1. The van der Waals surface area contributed by atoms with E-state index in [1.807, 2.05) is 6.92 Å². The molecule has 2 rings (SSSR count). The van der Waals surface area contributed by atoms with E-state index in [4.69, 9.17) is 14.4 Å². The number of aromatic nitrogens is 2. The summed E-state index contributed by atoms with van der Waals surface area (Å²) in [5.41, 5.74) is 0.349. The number of nitrogens with one attached hydrogen (secondary N) is 1. The van der Waals surface area contributed by atoms with E-state index in [1.165, 1.54) is 0 Å². The molecule has 0 unspecified atom stereocenters. The highest BCUT2D eigenvalue weighted by atomic mass is 16.5. The van der Waals surface area contributed by atoms with Gasteiger partial charge in [-0.1, -0.05) is 12.1 Å². The number of rotatable bonds is 7. The van der Waals surface area contributed by atoms with Crippen LogP contribution in [0.4, 0.5) is 0 Å². The lowest BCUT2D eigenvalue weighted by atomic mass is 10.2. The number of ether oxygens (including phenoxy) is 1. The molecule has 0 bridgehead atoms. The first-order valence-electron chi connectivity index (χ1n) is 6.62. The van der Waals surface area contributed by atoms with E-state index < -0.39 is 18.4 Å². The first-order chi connectivity index (χ1) is 10.6. The van der Waals surface area contributed by atoms with Crippen LogP contribution in [0.15, 0.2) is 28.8 Å². The SMILES string of the molecule is CCc1nc(COc2ccc(C(=O)NCC(=O)O)cc2)no1. The average molecular weight is 305 g/mol. The molecule has 1 aromatic carbocycles. The molecule has 0 fully saturated rings. The summed E-state index contributed by atoms with van der Waals surface area (Å²) >= 11 is 0. The molecule has 0 aliphatic carbocycles. The zero-order valence-electron chi connectivity index (χ0n) is 11.9. The Morgan fingerprint density at radius 2 is 2.05 bits per heavy atom. The molecular formula is C14H15N3O5. The van der Waals surface area contributed by atoms with E-state index in [1.54, 1.807) is 24.3 Å². The topological polar surface area (TPSA) is 115 Å². The van der Waals surface area contributed by atoms with Gasteiger partial charge in [0.05, 0.1) is 0 Å². The van der Waals surface area contributed by atoms with Gasteiger partial charge in [0.25, 0.3) is 5.91 Å². The highest BCUT2D eigenvalue weighted by molar-refractivity contribution is 5.95. The Kier molecular flexibility index (Phi) is 5.07. The summed E-state index contributed by atoms with van der Waals surface area (Å²) in [6.07, 6.45) is 0.660. The number of aryl methyl sites for hydroxylation is 1. The molecule has 2 N–H and O–H groups in total. The average Bonchev–Trinajstić information content (AvgIpc) is 2.99. The molecule has 0 aliphatic heterocycles. The maximum atomic E-state index is 11.6. The van der Waals surface area contributed by atoms with Crippen molar-refractivity contribution in [3.63, 3.8) is 0 Å². The maximum absolute atomic E-state index is 11.6. The van der Waals surface area contributed by atoms with Gasteiger partial charge in [-0.15, -0.1) is 0 Å². The van der Waals surface area contributed by atoms with Gasteiger partial charge in [0.1, 0.15) is 12.3 Å². The van der Waals surface area contributed by atoms with Crippen LogP contribution < -0.4 is 10.1 Å². The minimum Gasteiger partial charge on any atom is -0.485 e. The molecule has 1 heterocycles. The summed E-state index contributed by atoms with van der Waals surface area (Å²) in [5.74, 6) is -0.0265. The number of carboxylic acid groups (broad SMARTS) is 1. The van der Waals surface area contributed by atoms with Gasteiger partial charge >= 0.3 is 5.97 Å². The monoisotopic (exact) mass is 305 g/mol. The second kappa shape index (κ2) is 7.21. The number of benzene rings is 1. The van der Waals surface area contributed by atoms with Gasteiger partial charge in [-0.05, 0) is 24.3 Å². The van der Waals surface area contributed by atoms with Gasteiger partial charge in [0, 0.05) is 12.0 Å². The van der Waals surface area contributed by atoms with Crippen LogP contribution in [-0.2, 0) is 17.8 Å². The molecule has 22 heavy (non-hydrogen) atoms. The standard InChI is InChI=1S/C14H15N3O5/c1-2-12-16-11(17-22-12)8-21-10-5-3-9(4-6-10)14(20)15-7-13(18)19/h3-6H,2,7-8H2,1H3,(H,15,20)(H,18,19). The summed E-state index contributed by atoms with van der Waals surface area (Å²) in [5, 5.41) is 14.5. The molecular weight excluding hydrogens is 290 g/mol. The normalized spacial score (nSPS) is 10.2. The fourth-order valence-electron chi connectivity index (χ4n) is 1.60. The Morgan fingerprint density at radius 1 is 1.32 bits per heavy atom. The lowest BCUT2D eigenvalue weighted by molar-refractivity contribution is -0.135. The molecule has 0 atom stereocenters. The molecule has 8 nitrogen and oxygen atoms in total. The summed E-state index contributed by atoms with van der Waals surface area (Å²) in [4.78, 5) is 26.1. The lowest BCUT2D eigenvalue weighted by Crippen LogP contribution is -2.29. The second-order valence-electron chi connectivity index (χ2n) is 4.35. The highest BCUT2D eigenvalue weighted by Crippen LogP contribution is 2.13. The van der Waals surface area contributed by atoms with Gasteiger partial charge in [-0.25, -0.2) is 0 Å². The molecule has 0 saturated heterocycles. The smallest absolute Gasteiger partial charge is 0.322 e. The van der Waals surface area contributed by atoms with Crippen molar-refractivity contribution in [1.29, 1.82) is 0 Å². The van der Waals surface area contributed by atoms with Crippen molar-refractivity contribution < 1.29 is 24.0 Å². The van der Waals surface area contributed by atoms with Crippen LogP contribution in [0.2, 0.25) is 0 Å². The van der Waals surface area contributed by atoms with E-state index in [0.717, 1.165) is 0 Å². The van der Waals surface area contributed by atoms with Crippen molar-refractivity contribution in [3.8, 4) is 5.75 Å². The Morgan fingerprint density at radius 3 is 2.64 bits per heavy atom.